The minimum atomic E-state index is -3.09. The van der Waals surface area contributed by atoms with Crippen molar-refractivity contribution in [2.75, 3.05) is 0 Å². The first-order chi connectivity index (χ1) is 25.2. The van der Waals surface area contributed by atoms with Crippen molar-refractivity contribution in [3.8, 4) is 22.4 Å². The van der Waals surface area contributed by atoms with Gasteiger partial charge in [-0.1, -0.05) is 146 Å². The van der Waals surface area contributed by atoms with Crippen molar-refractivity contribution in [2.45, 2.75) is 0 Å². The van der Waals surface area contributed by atoms with E-state index in [4.69, 9.17) is 14.4 Å². The molecule has 0 amide bonds. The van der Waals surface area contributed by atoms with Crippen molar-refractivity contribution in [2.24, 2.45) is 0 Å². The number of benzene rings is 7. The van der Waals surface area contributed by atoms with Crippen LogP contribution in [0.15, 0.2) is 180 Å². The van der Waals surface area contributed by atoms with Crippen molar-refractivity contribution in [3.63, 3.8) is 0 Å². The van der Waals surface area contributed by atoms with Crippen LogP contribution in [0.2, 0.25) is 0 Å². The largest absolute Gasteiger partial charge is 0.455 e. The minimum absolute atomic E-state index is 0.797. The lowest BCUT2D eigenvalue weighted by molar-refractivity contribution is 0.592. The number of nitrogens with zero attached hydrogens (tertiary/aromatic N) is 2. The fraction of sp³-hybridized carbons (Fsp3) is 0. The molecule has 5 heteroatoms. The summed E-state index contributed by atoms with van der Waals surface area (Å²) >= 11 is 0. The van der Waals surface area contributed by atoms with E-state index in [-0.39, 0.29) is 0 Å². The van der Waals surface area contributed by atoms with Crippen LogP contribution in [0.5, 0.6) is 0 Å². The maximum absolute atomic E-state index is 15.0. The molecule has 0 fully saturated rings. The second-order valence-electron chi connectivity index (χ2n) is 12.9. The van der Waals surface area contributed by atoms with Crippen molar-refractivity contribution in [1.29, 1.82) is 0 Å². The number of rotatable bonds is 5. The quantitative estimate of drug-likeness (QED) is 0.135. The highest BCUT2D eigenvalue weighted by molar-refractivity contribution is 7.85. The summed E-state index contributed by atoms with van der Waals surface area (Å²) in [6.07, 6.45) is 1.82. The van der Waals surface area contributed by atoms with Gasteiger partial charge in [0.15, 0.2) is 7.14 Å². The van der Waals surface area contributed by atoms with E-state index >= 15 is 4.57 Å². The zero-order valence-electron chi connectivity index (χ0n) is 27.4. The van der Waals surface area contributed by atoms with Crippen molar-refractivity contribution >= 4 is 77.6 Å². The summed E-state index contributed by atoms with van der Waals surface area (Å²) in [6.45, 7) is 0. The first kappa shape index (κ1) is 29.6. The fourth-order valence-electron chi connectivity index (χ4n) is 7.55. The van der Waals surface area contributed by atoms with Gasteiger partial charge in [0.2, 0.25) is 0 Å². The summed E-state index contributed by atoms with van der Waals surface area (Å²) in [6, 6.07) is 57.1. The summed E-state index contributed by atoms with van der Waals surface area (Å²) < 4.78 is 21.7. The maximum Gasteiger partial charge on any atom is 0.171 e. The molecular weight excluding hydrogens is 643 g/mol. The third-order valence-electron chi connectivity index (χ3n) is 9.99. The minimum Gasteiger partial charge on any atom is -0.455 e. The van der Waals surface area contributed by atoms with E-state index in [9.17, 15) is 0 Å². The molecule has 0 aliphatic carbocycles. The predicted octanol–water partition coefficient (Wildman–Crippen LogP) is 10.8. The fourth-order valence-corrected chi connectivity index (χ4v) is 10.2. The molecule has 0 saturated carbocycles. The number of aromatic nitrogens is 2. The summed E-state index contributed by atoms with van der Waals surface area (Å²) in [5, 5.41) is 8.72. The van der Waals surface area contributed by atoms with Gasteiger partial charge in [0.1, 0.15) is 11.2 Å². The zero-order valence-corrected chi connectivity index (χ0v) is 28.3. The summed E-state index contributed by atoms with van der Waals surface area (Å²) in [4.78, 5) is 9.93. The third kappa shape index (κ3) is 4.65. The van der Waals surface area contributed by atoms with Gasteiger partial charge in [0.25, 0.3) is 0 Å². The van der Waals surface area contributed by atoms with Crippen LogP contribution in [-0.2, 0) is 4.57 Å². The average molecular weight is 673 g/mol. The summed E-state index contributed by atoms with van der Waals surface area (Å²) in [5.74, 6) is 0. The molecule has 0 radical (unpaired) electrons. The lowest BCUT2D eigenvalue weighted by Crippen LogP contribution is -2.24. The summed E-state index contributed by atoms with van der Waals surface area (Å²) in [5.41, 5.74) is 7.43. The molecule has 7 aromatic carbocycles. The van der Waals surface area contributed by atoms with Gasteiger partial charge in [-0.15, -0.1) is 0 Å². The Bertz CT molecular complexity index is 2950. The zero-order chi connectivity index (χ0) is 33.9. The maximum atomic E-state index is 15.0. The van der Waals surface area contributed by atoms with Gasteiger partial charge in [-0.25, -0.2) is 4.98 Å². The Morgan fingerprint density at radius 1 is 0.490 bits per heavy atom. The topological polar surface area (TPSA) is 56.0 Å². The molecule has 10 aromatic rings. The monoisotopic (exact) mass is 672 g/mol. The Hall–Kier alpha value is -6.35. The lowest BCUT2D eigenvalue weighted by atomic mass is 9.94. The molecule has 3 heterocycles. The van der Waals surface area contributed by atoms with Crippen LogP contribution < -0.4 is 15.9 Å². The Labute approximate surface area is 294 Å². The molecule has 0 N–H and O–H groups in total. The molecule has 0 aliphatic rings. The van der Waals surface area contributed by atoms with E-state index < -0.39 is 7.14 Å². The second kappa shape index (κ2) is 11.6. The van der Waals surface area contributed by atoms with Gasteiger partial charge in [0.05, 0.1) is 16.7 Å². The van der Waals surface area contributed by atoms with Gasteiger partial charge >= 0.3 is 0 Å². The van der Waals surface area contributed by atoms with Crippen LogP contribution in [0.1, 0.15) is 0 Å². The summed E-state index contributed by atoms with van der Waals surface area (Å²) in [7, 11) is -3.09. The highest BCUT2D eigenvalue weighted by atomic mass is 31.2. The number of hydrogen-bond donors (Lipinski definition) is 0. The van der Waals surface area contributed by atoms with Crippen LogP contribution in [0.4, 0.5) is 0 Å². The lowest BCUT2D eigenvalue weighted by Gasteiger charge is -2.20. The molecule has 0 spiro atoms. The molecule has 10 rings (SSSR count). The van der Waals surface area contributed by atoms with E-state index in [0.717, 1.165) is 92.8 Å². The first-order valence-corrected chi connectivity index (χ1v) is 18.7. The number of furan rings is 1. The van der Waals surface area contributed by atoms with Gasteiger partial charge in [-0.3, -0.25) is 4.98 Å². The Balaban J connectivity index is 1.17. The molecular formula is C46H29N2O2P. The van der Waals surface area contributed by atoms with Crippen LogP contribution in [0.25, 0.3) is 76.9 Å². The molecule has 0 unspecified atom stereocenters. The Morgan fingerprint density at radius 2 is 1.14 bits per heavy atom. The third-order valence-corrected chi connectivity index (χ3v) is 13.1. The van der Waals surface area contributed by atoms with E-state index in [1.54, 1.807) is 0 Å². The Morgan fingerprint density at radius 3 is 1.88 bits per heavy atom. The molecule has 0 saturated heterocycles. The van der Waals surface area contributed by atoms with E-state index in [1.807, 2.05) is 97.2 Å². The number of pyridine rings is 2. The van der Waals surface area contributed by atoms with E-state index in [1.165, 1.54) is 0 Å². The van der Waals surface area contributed by atoms with Crippen LogP contribution in [0, 0.1) is 0 Å². The molecule has 0 atom stereocenters. The number of fused-ring (bicyclic) bond motifs is 8. The predicted molar refractivity (Wildman–Crippen MR) is 212 cm³/mol. The van der Waals surface area contributed by atoms with Gasteiger partial charge in [-0.2, -0.15) is 0 Å². The van der Waals surface area contributed by atoms with Crippen molar-refractivity contribution < 1.29 is 8.98 Å². The van der Waals surface area contributed by atoms with Crippen molar-refractivity contribution in [3.05, 3.63) is 176 Å². The Kier molecular flexibility index (Phi) is 6.74. The standard InChI is InChI=1S/C46H29N2O2P/c49-51(33-12-3-1-4-13-33,34-14-5-2-6-15-34)35-25-22-30(23-26-35)36-18-9-19-42-43(36)40-29-39(37-16-7-8-17-38(37)46(40)50-42)41-27-24-32-21-20-31-11-10-28-47-44(31)45(32)48-41/h1-29H. The van der Waals surface area contributed by atoms with Gasteiger partial charge < -0.3 is 8.98 Å². The SMILES string of the molecule is O=P(c1ccccc1)(c1ccccc1)c1ccc(-c2cccc3oc4c5ccccc5c(-c5ccc6ccc7cccnc7c6n5)cc4c23)cc1. The molecule has 240 valence electrons. The van der Waals surface area contributed by atoms with E-state index in [0.29, 0.717) is 0 Å². The smallest absolute Gasteiger partial charge is 0.171 e. The molecule has 0 aliphatic heterocycles. The van der Waals surface area contributed by atoms with Crippen LogP contribution >= 0.6 is 7.14 Å². The average Bonchev–Trinajstić information content (AvgIpc) is 3.60. The highest BCUT2D eigenvalue weighted by Crippen LogP contribution is 2.45. The molecule has 51 heavy (non-hydrogen) atoms. The van der Waals surface area contributed by atoms with Gasteiger partial charge in [-0.05, 0) is 40.8 Å². The molecule has 3 aromatic heterocycles. The first-order valence-electron chi connectivity index (χ1n) is 17.0. The molecule has 4 nitrogen and oxygen atoms in total. The normalized spacial score (nSPS) is 12.0. The second-order valence-corrected chi connectivity index (χ2v) is 15.6. The van der Waals surface area contributed by atoms with Gasteiger partial charge in [0, 0.05) is 54.6 Å². The van der Waals surface area contributed by atoms with Crippen LogP contribution in [-0.4, -0.2) is 9.97 Å². The van der Waals surface area contributed by atoms with Crippen LogP contribution in [0.3, 0.4) is 0 Å². The van der Waals surface area contributed by atoms with Crippen molar-refractivity contribution in [1.82, 2.24) is 9.97 Å². The molecule has 0 bridgehead atoms. The number of hydrogen-bond acceptors (Lipinski definition) is 4. The van der Waals surface area contributed by atoms with E-state index in [2.05, 4.69) is 78.9 Å². The highest BCUT2D eigenvalue weighted by Gasteiger charge is 2.29.